The van der Waals surface area contributed by atoms with Gasteiger partial charge in [0.05, 0.1) is 12.9 Å². The fraction of sp³-hybridized carbons (Fsp3) is 0.500. The summed E-state index contributed by atoms with van der Waals surface area (Å²) in [5.74, 6) is 1.12. The summed E-state index contributed by atoms with van der Waals surface area (Å²) in [6, 6.07) is 7.35. The second kappa shape index (κ2) is 8.60. The molecule has 0 radical (unpaired) electrons. The van der Waals surface area contributed by atoms with Gasteiger partial charge in [-0.2, -0.15) is 0 Å². The largest absolute Gasteiger partial charge is 0.497 e. The lowest BCUT2D eigenvalue weighted by atomic mass is 10.3. The topological polar surface area (TPSA) is 97.0 Å². The standard InChI is InChI=1S/C14H24N4O3S/c1-4-22(19,20)18(2)10-6-9-16-14(15)17-12-7-5-8-13(11-12)21-3/h5,7-8,11H,4,6,9-10H2,1-3H3,(H3,15,16,17). The summed E-state index contributed by atoms with van der Waals surface area (Å²) < 4.78 is 29.6. The number of methoxy groups -OCH3 is 1. The number of sulfonamides is 1. The van der Waals surface area contributed by atoms with Gasteiger partial charge in [0, 0.05) is 31.9 Å². The van der Waals surface area contributed by atoms with Crippen LogP contribution >= 0.6 is 0 Å². The van der Waals surface area contributed by atoms with Crippen LogP contribution in [-0.2, 0) is 10.0 Å². The van der Waals surface area contributed by atoms with Crippen LogP contribution < -0.4 is 15.8 Å². The Morgan fingerprint density at radius 3 is 2.82 bits per heavy atom. The Labute approximate surface area is 132 Å². The highest BCUT2D eigenvalue weighted by Crippen LogP contribution is 2.16. The first-order chi connectivity index (χ1) is 10.4. The highest BCUT2D eigenvalue weighted by molar-refractivity contribution is 7.89. The van der Waals surface area contributed by atoms with Crippen LogP contribution in [0.2, 0.25) is 0 Å². The molecule has 0 bridgehead atoms. The third-order valence-corrected chi connectivity index (χ3v) is 4.96. The van der Waals surface area contributed by atoms with Crippen LogP contribution in [0.25, 0.3) is 0 Å². The van der Waals surface area contributed by atoms with E-state index in [1.807, 2.05) is 24.3 Å². The lowest BCUT2D eigenvalue weighted by Gasteiger charge is -2.15. The minimum absolute atomic E-state index is 0.103. The quantitative estimate of drug-likeness (QED) is 0.423. The van der Waals surface area contributed by atoms with Crippen LogP contribution in [0.4, 0.5) is 5.69 Å². The van der Waals surface area contributed by atoms with Gasteiger partial charge in [0.25, 0.3) is 0 Å². The van der Waals surface area contributed by atoms with E-state index in [4.69, 9.17) is 10.5 Å². The van der Waals surface area contributed by atoms with Crippen molar-refractivity contribution in [3.05, 3.63) is 24.3 Å². The van der Waals surface area contributed by atoms with Crippen molar-refractivity contribution in [2.75, 3.05) is 38.3 Å². The Morgan fingerprint density at radius 2 is 2.18 bits per heavy atom. The highest BCUT2D eigenvalue weighted by Gasteiger charge is 2.13. The average molecular weight is 328 g/mol. The summed E-state index contributed by atoms with van der Waals surface area (Å²) >= 11 is 0. The molecular weight excluding hydrogens is 304 g/mol. The number of nitrogens with one attached hydrogen (secondary N) is 1. The predicted octanol–water partition coefficient (Wildman–Crippen LogP) is 1.09. The van der Waals surface area contributed by atoms with E-state index in [1.54, 1.807) is 21.1 Å². The number of hydrogen-bond donors (Lipinski definition) is 2. The van der Waals surface area contributed by atoms with Gasteiger partial charge in [-0.3, -0.25) is 4.99 Å². The number of guanidine groups is 1. The van der Waals surface area contributed by atoms with Gasteiger partial charge in [-0.1, -0.05) is 6.07 Å². The summed E-state index contributed by atoms with van der Waals surface area (Å²) in [5.41, 5.74) is 6.58. The van der Waals surface area contributed by atoms with E-state index in [2.05, 4.69) is 10.3 Å². The molecule has 0 aliphatic heterocycles. The van der Waals surface area contributed by atoms with Crippen LogP contribution in [0, 0.1) is 0 Å². The van der Waals surface area contributed by atoms with Gasteiger partial charge in [0.15, 0.2) is 5.96 Å². The second-order valence-electron chi connectivity index (χ2n) is 4.70. The molecule has 0 unspecified atom stereocenters. The minimum atomic E-state index is -3.13. The van der Waals surface area contributed by atoms with E-state index in [0.29, 0.717) is 19.5 Å². The maximum absolute atomic E-state index is 11.6. The van der Waals surface area contributed by atoms with Crippen LogP contribution in [-0.4, -0.2) is 51.7 Å². The van der Waals surface area contributed by atoms with Crippen molar-refractivity contribution < 1.29 is 13.2 Å². The van der Waals surface area contributed by atoms with Crippen molar-refractivity contribution in [3.63, 3.8) is 0 Å². The normalized spacial score (nSPS) is 12.5. The van der Waals surface area contributed by atoms with Crippen molar-refractivity contribution in [2.24, 2.45) is 10.7 Å². The number of aliphatic imine (C=N–C) groups is 1. The Morgan fingerprint density at radius 1 is 1.45 bits per heavy atom. The Bertz CT molecular complexity index is 602. The van der Waals surface area contributed by atoms with Gasteiger partial charge in [-0.15, -0.1) is 0 Å². The van der Waals surface area contributed by atoms with Gasteiger partial charge >= 0.3 is 0 Å². The summed E-state index contributed by atoms with van der Waals surface area (Å²) in [4.78, 5) is 4.18. The molecule has 8 heteroatoms. The smallest absolute Gasteiger partial charge is 0.213 e. The molecular formula is C14H24N4O3S. The summed E-state index contributed by atoms with van der Waals surface area (Å²) in [5, 5.41) is 2.96. The van der Waals surface area contributed by atoms with E-state index >= 15 is 0 Å². The number of anilines is 1. The van der Waals surface area contributed by atoms with E-state index < -0.39 is 10.0 Å². The molecule has 3 N–H and O–H groups in total. The Hall–Kier alpha value is -1.80. The van der Waals surface area contributed by atoms with E-state index in [1.165, 1.54) is 4.31 Å². The fourth-order valence-corrected chi connectivity index (χ4v) is 2.59. The molecule has 0 spiro atoms. The van der Waals surface area contributed by atoms with Crippen LogP contribution in [0.1, 0.15) is 13.3 Å². The molecule has 1 rings (SSSR count). The van der Waals surface area contributed by atoms with Crippen molar-refractivity contribution in [1.82, 2.24) is 4.31 Å². The molecule has 0 aliphatic carbocycles. The molecule has 0 aliphatic rings. The second-order valence-corrected chi connectivity index (χ2v) is 7.06. The monoisotopic (exact) mass is 328 g/mol. The zero-order valence-corrected chi connectivity index (χ0v) is 14.1. The lowest BCUT2D eigenvalue weighted by Crippen LogP contribution is -2.30. The SMILES string of the molecule is CCS(=O)(=O)N(C)CCCN=C(N)Nc1cccc(OC)c1. The summed E-state index contributed by atoms with van der Waals surface area (Å²) in [6.45, 7) is 2.50. The number of benzene rings is 1. The molecule has 124 valence electrons. The molecule has 0 aromatic heterocycles. The maximum atomic E-state index is 11.6. The molecule has 1 aromatic carbocycles. The molecule has 7 nitrogen and oxygen atoms in total. The predicted molar refractivity (Wildman–Crippen MR) is 89.8 cm³/mol. The summed E-state index contributed by atoms with van der Waals surface area (Å²) in [6.07, 6.45) is 0.607. The van der Waals surface area contributed by atoms with Crippen molar-refractivity contribution in [1.29, 1.82) is 0 Å². The molecule has 0 saturated heterocycles. The van der Waals surface area contributed by atoms with Crippen molar-refractivity contribution >= 4 is 21.7 Å². The van der Waals surface area contributed by atoms with Crippen LogP contribution in [0.15, 0.2) is 29.3 Å². The van der Waals surface area contributed by atoms with Gasteiger partial charge in [0.1, 0.15) is 5.75 Å². The van der Waals surface area contributed by atoms with Gasteiger partial charge in [0.2, 0.25) is 10.0 Å². The lowest BCUT2D eigenvalue weighted by molar-refractivity contribution is 0.415. The number of hydrogen-bond acceptors (Lipinski definition) is 4. The molecule has 0 heterocycles. The molecule has 0 amide bonds. The molecule has 1 aromatic rings. The highest BCUT2D eigenvalue weighted by atomic mass is 32.2. The van der Waals surface area contributed by atoms with Gasteiger partial charge in [-0.05, 0) is 25.5 Å². The third kappa shape index (κ3) is 5.90. The van der Waals surface area contributed by atoms with Gasteiger partial charge in [-0.25, -0.2) is 12.7 Å². The molecule has 0 fully saturated rings. The number of ether oxygens (including phenoxy) is 1. The maximum Gasteiger partial charge on any atom is 0.213 e. The van der Waals surface area contributed by atoms with Gasteiger partial charge < -0.3 is 15.8 Å². The van der Waals surface area contributed by atoms with Crippen molar-refractivity contribution in [2.45, 2.75) is 13.3 Å². The third-order valence-electron chi connectivity index (χ3n) is 3.10. The Kier molecular flexibility index (Phi) is 7.13. The fourth-order valence-electron chi connectivity index (χ4n) is 1.74. The Balaban J connectivity index is 2.43. The first kappa shape index (κ1) is 18.2. The first-order valence-corrected chi connectivity index (χ1v) is 8.65. The van der Waals surface area contributed by atoms with Crippen LogP contribution in [0.5, 0.6) is 5.75 Å². The first-order valence-electron chi connectivity index (χ1n) is 7.04. The van der Waals surface area contributed by atoms with Crippen LogP contribution in [0.3, 0.4) is 0 Å². The van der Waals surface area contributed by atoms with Crippen molar-refractivity contribution in [3.8, 4) is 5.75 Å². The van der Waals surface area contributed by atoms with E-state index in [-0.39, 0.29) is 11.7 Å². The number of rotatable bonds is 8. The van der Waals surface area contributed by atoms with E-state index in [0.717, 1.165) is 11.4 Å². The summed E-state index contributed by atoms with van der Waals surface area (Å²) in [7, 11) is 0.0334. The molecule has 22 heavy (non-hydrogen) atoms. The molecule has 0 saturated carbocycles. The zero-order valence-electron chi connectivity index (χ0n) is 13.2. The number of nitrogens with two attached hydrogens (primary N) is 1. The average Bonchev–Trinajstić information content (AvgIpc) is 2.51. The molecule has 0 atom stereocenters. The zero-order chi connectivity index (χ0) is 16.6. The number of nitrogens with zero attached hydrogens (tertiary/aromatic N) is 2. The van der Waals surface area contributed by atoms with E-state index in [9.17, 15) is 8.42 Å². The minimum Gasteiger partial charge on any atom is -0.497 e.